The second-order valence-electron chi connectivity index (χ2n) is 8.14. The van der Waals surface area contributed by atoms with Gasteiger partial charge < -0.3 is 10.1 Å². The van der Waals surface area contributed by atoms with Crippen LogP contribution in [0.25, 0.3) is 0 Å². The third-order valence-corrected chi connectivity index (χ3v) is 6.56. The highest BCUT2D eigenvalue weighted by atomic mass is 32.2. The highest BCUT2D eigenvalue weighted by molar-refractivity contribution is 7.99. The molecule has 0 spiro atoms. The third kappa shape index (κ3) is 4.05. The van der Waals surface area contributed by atoms with E-state index in [1.54, 1.807) is 11.8 Å². The Balaban J connectivity index is 1.43. The molecule has 32 heavy (non-hydrogen) atoms. The van der Waals surface area contributed by atoms with Gasteiger partial charge in [0.25, 0.3) is 0 Å². The second-order valence-corrected chi connectivity index (χ2v) is 9.37. The van der Waals surface area contributed by atoms with Crippen LogP contribution in [0.4, 0.5) is 5.95 Å². The van der Waals surface area contributed by atoms with Crippen molar-refractivity contribution in [1.82, 2.24) is 14.8 Å². The van der Waals surface area contributed by atoms with Crippen LogP contribution < -0.4 is 10.1 Å². The molecule has 1 atom stereocenters. The zero-order chi connectivity index (χ0) is 22.1. The zero-order valence-corrected chi connectivity index (χ0v) is 19.1. The lowest BCUT2D eigenvalue weighted by Gasteiger charge is -2.32. The maximum Gasteiger partial charge on any atom is 0.227 e. The van der Waals surface area contributed by atoms with Crippen LogP contribution in [0.15, 0.2) is 65.0 Å². The molecule has 7 heteroatoms. The van der Waals surface area contributed by atoms with Crippen LogP contribution in [0.5, 0.6) is 5.75 Å². The summed E-state index contributed by atoms with van der Waals surface area (Å²) >= 11 is 1.60. The molecular weight excluding hydrogens is 420 g/mol. The molecule has 0 bridgehead atoms. The molecule has 5 rings (SSSR count). The number of hydrogen-bond donors (Lipinski definition) is 1. The van der Waals surface area contributed by atoms with Crippen molar-refractivity contribution in [1.29, 1.82) is 0 Å². The van der Waals surface area contributed by atoms with Crippen molar-refractivity contribution in [3.63, 3.8) is 0 Å². The molecule has 0 fully saturated rings. The first kappa shape index (κ1) is 20.8. The van der Waals surface area contributed by atoms with Crippen molar-refractivity contribution in [2.75, 3.05) is 11.1 Å². The predicted octanol–water partition coefficient (Wildman–Crippen LogP) is 5.30. The molecule has 2 heterocycles. The van der Waals surface area contributed by atoms with E-state index in [1.165, 1.54) is 5.56 Å². The highest BCUT2D eigenvalue weighted by Crippen LogP contribution is 2.40. The fraction of sp³-hybridized carbons (Fsp3) is 0.320. The Labute approximate surface area is 192 Å². The number of allylic oxidation sites excluding steroid dienone is 2. The van der Waals surface area contributed by atoms with Crippen molar-refractivity contribution in [3.05, 3.63) is 76.5 Å². The molecule has 1 N–H and O–H groups in total. The average molecular weight is 447 g/mol. The number of Topliss-reactive ketones (excluding diaryl/α,β-unsaturated/α-hetero) is 1. The molecule has 1 unspecified atom stereocenters. The number of benzene rings is 2. The molecule has 6 nitrogen and oxygen atoms in total. The van der Waals surface area contributed by atoms with E-state index >= 15 is 0 Å². The van der Waals surface area contributed by atoms with Crippen molar-refractivity contribution in [2.24, 2.45) is 0 Å². The Morgan fingerprint density at radius 2 is 1.91 bits per heavy atom. The van der Waals surface area contributed by atoms with Crippen LogP contribution in [0.2, 0.25) is 0 Å². The Bertz CT molecular complexity index is 1170. The maximum absolute atomic E-state index is 12.9. The van der Waals surface area contributed by atoms with Crippen molar-refractivity contribution >= 4 is 23.5 Å². The molecule has 0 amide bonds. The molecule has 0 radical (unpaired) electrons. The number of aryl methyl sites for hydroxylation is 1. The standard InChI is InChI=1S/C25H26N4O2S/c1-3-32-25-27-24-26-20-5-4-6-21(30)22(20)23(29(24)28-25)18-11-13-19(14-12-18)31-15-17-9-7-16(2)8-10-17/h7-14,23H,3-6,15H2,1-2H3,(H,26,27,28). The second kappa shape index (κ2) is 8.82. The Kier molecular flexibility index (Phi) is 5.74. The lowest BCUT2D eigenvalue weighted by atomic mass is 9.85. The number of fused-ring (bicyclic) bond motifs is 1. The summed E-state index contributed by atoms with van der Waals surface area (Å²) in [4.78, 5) is 17.6. The van der Waals surface area contributed by atoms with Gasteiger partial charge in [-0.05, 0) is 48.8 Å². The maximum atomic E-state index is 12.9. The number of nitrogens with one attached hydrogen (secondary N) is 1. The van der Waals surface area contributed by atoms with Gasteiger partial charge in [0.1, 0.15) is 18.4 Å². The summed E-state index contributed by atoms with van der Waals surface area (Å²) in [6, 6.07) is 16.1. The van der Waals surface area contributed by atoms with Crippen molar-refractivity contribution in [2.45, 2.75) is 50.9 Å². The zero-order valence-electron chi connectivity index (χ0n) is 18.3. The van der Waals surface area contributed by atoms with Crippen LogP contribution >= 0.6 is 11.8 Å². The van der Waals surface area contributed by atoms with E-state index in [4.69, 9.17) is 9.84 Å². The monoisotopic (exact) mass is 446 g/mol. The summed E-state index contributed by atoms with van der Waals surface area (Å²) in [5.74, 6) is 2.59. The van der Waals surface area contributed by atoms with Crippen LogP contribution in [0.3, 0.4) is 0 Å². The minimum atomic E-state index is -0.265. The molecule has 2 aliphatic rings. The van der Waals surface area contributed by atoms with E-state index < -0.39 is 0 Å². The predicted molar refractivity (Wildman–Crippen MR) is 126 cm³/mol. The van der Waals surface area contributed by atoms with E-state index in [1.807, 2.05) is 28.9 Å². The van der Waals surface area contributed by atoms with Gasteiger partial charge in [0.15, 0.2) is 5.78 Å². The first-order valence-corrected chi connectivity index (χ1v) is 12.0. The molecular formula is C25H26N4O2S. The van der Waals surface area contributed by atoms with E-state index in [2.05, 4.69) is 48.4 Å². The summed E-state index contributed by atoms with van der Waals surface area (Å²) in [5, 5.41) is 8.82. The van der Waals surface area contributed by atoms with Gasteiger partial charge in [-0.15, -0.1) is 5.10 Å². The summed E-state index contributed by atoms with van der Waals surface area (Å²) < 4.78 is 7.84. The smallest absolute Gasteiger partial charge is 0.227 e. The molecule has 0 saturated carbocycles. The van der Waals surface area contributed by atoms with Crippen LogP contribution in [-0.2, 0) is 11.4 Å². The van der Waals surface area contributed by atoms with Crippen LogP contribution in [-0.4, -0.2) is 26.3 Å². The number of anilines is 1. The van der Waals surface area contributed by atoms with Gasteiger partial charge in [-0.25, -0.2) is 4.68 Å². The van der Waals surface area contributed by atoms with Crippen molar-refractivity contribution in [3.8, 4) is 5.75 Å². The first-order valence-electron chi connectivity index (χ1n) is 11.0. The van der Waals surface area contributed by atoms with Crippen LogP contribution in [0, 0.1) is 6.92 Å². The molecule has 1 aliphatic carbocycles. The Morgan fingerprint density at radius 1 is 1.12 bits per heavy atom. The average Bonchev–Trinajstić information content (AvgIpc) is 3.20. The normalized spacial score (nSPS) is 17.6. The Morgan fingerprint density at radius 3 is 2.66 bits per heavy atom. The van der Waals surface area contributed by atoms with Gasteiger partial charge in [0.05, 0.1) is 0 Å². The minimum absolute atomic E-state index is 0.189. The number of carbonyl (C=O) groups is 1. The van der Waals surface area contributed by atoms with Crippen molar-refractivity contribution < 1.29 is 9.53 Å². The van der Waals surface area contributed by atoms with Crippen LogP contribution in [0.1, 0.15) is 48.9 Å². The SMILES string of the molecule is CCSc1nc2n(n1)C(c1ccc(OCc3ccc(C)cc3)cc1)C1=C(CCCC1=O)N2. The quantitative estimate of drug-likeness (QED) is 0.518. The summed E-state index contributed by atoms with van der Waals surface area (Å²) in [5.41, 5.74) is 5.18. The minimum Gasteiger partial charge on any atom is -0.489 e. The van der Waals surface area contributed by atoms with Gasteiger partial charge in [0.2, 0.25) is 11.1 Å². The molecule has 1 aromatic heterocycles. The number of thioether (sulfide) groups is 1. The largest absolute Gasteiger partial charge is 0.489 e. The summed E-state index contributed by atoms with van der Waals surface area (Å²) in [7, 11) is 0. The van der Waals surface area contributed by atoms with E-state index in [-0.39, 0.29) is 11.8 Å². The summed E-state index contributed by atoms with van der Waals surface area (Å²) in [6.07, 6.45) is 2.31. The highest BCUT2D eigenvalue weighted by Gasteiger charge is 2.36. The van der Waals surface area contributed by atoms with Gasteiger partial charge in [-0.3, -0.25) is 4.79 Å². The lowest BCUT2D eigenvalue weighted by molar-refractivity contribution is -0.116. The van der Waals surface area contributed by atoms with E-state index in [0.717, 1.165) is 51.9 Å². The molecule has 164 valence electrons. The first-order chi connectivity index (χ1) is 15.6. The Hall–Kier alpha value is -3.06. The topological polar surface area (TPSA) is 69.0 Å². The molecule has 1 aliphatic heterocycles. The number of ether oxygens (including phenoxy) is 1. The van der Waals surface area contributed by atoms with E-state index in [0.29, 0.717) is 19.0 Å². The fourth-order valence-corrected chi connectivity index (χ4v) is 4.79. The molecule has 3 aromatic rings. The summed E-state index contributed by atoms with van der Waals surface area (Å²) in [6.45, 7) is 4.68. The molecule has 2 aromatic carbocycles. The van der Waals surface area contributed by atoms with Gasteiger partial charge >= 0.3 is 0 Å². The van der Waals surface area contributed by atoms with Gasteiger partial charge in [-0.1, -0.05) is 60.6 Å². The molecule has 0 saturated heterocycles. The third-order valence-electron chi connectivity index (χ3n) is 5.84. The van der Waals surface area contributed by atoms with E-state index in [9.17, 15) is 4.79 Å². The number of carbonyl (C=O) groups excluding carboxylic acids is 1. The number of hydrogen-bond acceptors (Lipinski definition) is 6. The van der Waals surface area contributed by atoms with Gasteiger partial charge in [-0.2, -0.15) is 4.98 Å². The fourth-order valence-electron chi connectivity index (χ4n) is 4.23. The number of aromatic nitrogens is 3. The number of ketones is 1. The number of nitrogens with zero attached hydrogens (tertiary/aromatic N) is 3. The number of rotatable bonds is 6. The van der Waals surface area contributed by atoms with Gasteiger partial charge in [0, 0.05) is 17.7 Å². The lowest BCUT2D eigenvalue weighted by Crippen LogP contribution is -2.31.